The van der Waals surface area contributed by atoms with E-state index in [1.54, 1.807) is 12.1 Å². The monoisotopic (exact) mass is 491 g/mol. The van der Waals surface area contributed by atoms with Crippen molar-refractivity contribution in [3.63, 3.8) is 0 Å². The van der Waals surface area contributed by atoms with E-state index in [4.69, 9.17) is 0 Å². The Morgan fingerprint density at radius 3 is 2.44 bits per heavy atom. The molecule has 2 aromatic carbocycles. The first kappa shape index (κ1) is 24.6. The van der Waals surface area contributed by atoms with Crippen LogP contribution in [0.2, 0.25) is 0 Å². The summed E-state index contributed by atoms with van der Waals surface area (Å²) in [5.74, 6) is 0.540. The van der Waals surface area contributed by atoms with Crippen LogP contribution in [0.15, 0.2) is 54.6 Å². The van der Waals surface area contributed by atoms with Crippen LogP contribution in [-0.4, -0.2) is 96.1 Å². The molecule has 36 heavy (non-hydrogen) atoms. The Bertz CT molecular complexity index is 1040. The van der Waals surface area contributed by atoms with Crippen molar-refractivity contribution in [3.05, 3.63) is 60.2 Å². The average Bonchev–Trinajstić information content (AvgIpc) is 3.28. The molecule has 0 aliphatic carbocycles. The number of nitrogens with one attached hydrogen (secondary N) is 1. The molecule has 0 unspecified atom stereocenters. The first-order chi connectivity index (χ1) is 17.5. The van der Waals surface area contributed by atoms with Crippen LogP contribution >= 0.6 is 0 Å². The van der Waals surface area contributed by atoms with Gasteiger partial charge in [0.15, 0.2) is 0 Å². The molecule has 0 radical (unpaired) electrons. The van der Waals surface area contributed by atoms with Gasteiger partial charge in [-0.05, 0) is 49.7 Å². The summed E-state index contributed by atoms with van der Waals surface area (Å²) < 4.78 is 0. The van der Waals surface area contributed by atoms with E-state index >= 15 is 0 Å². The number of phenols is 1. The summed E-state index contributed by atoms with van der Waals surface area (Å²) in [7, 11) is 2.11. The molecular weight excluding hydrogens is 454 g/mol. The Morgan fingerprint density at radius 2 is 1.72 bits per heavy atom. The number of benzene rings is 2. The molecule has 0 spiro atoms. The Balaban J connectivity index is 1.14. The number of piperazine rings is 1. The number of hydrogen-bond donors (Lipinski definition) is 2. The van der Waals surface area contributed by atoms with E-state index in [9.17, 15) is 14.7 Å². The fourth-order valence-corrected chi connectivity index (χ4v) is 5.96. The van der Waals surface area contributed by atoms with Gasteiger partial charge in [-0.3, -0.25) is 19.4 Å². The summed E-state index contributed by atoms with van der Waals surface area (Å²) in [5.41, 5.74) is 2.30. The molecule has 2 amide bonds. The van der Waals surface area contributed by atoms with Crippen molar-refractivity contribution in [2.24, 2.45) is 0 Å². The number of anilines is 1. The number of aromatic hydroxyl groups is 1. The quantitative estimate of drug-likeness (QED) is 0.643. The molecule has 3 fully saturated rings. The molecule has 0 aromatic heterocycles. The van der Waals surface area contributed by atoms with Crippen LogP contribution in [0.3, 0.4) is 0 Å². The SMILES string of the molecule is CN1[C@@H](CCC(=O)N2CCN(c3ccccc3)CC2)CNC(=O)[C@@H]2[C@@H]1CCN2Cc1ccc(O)cc1. The largest absolute Gasteiger partial charge is 0.508 e. The van der Waals surface area contributed by atoms with Gasteiger partial charge in [-0.1, -0.05) is 30.3 Å². The van der Waals surface area contributed by atoms with Crippen molar-refractivity contribution >= 4 is 17.5 Å². The van der Waals surface area contributed by atoms with Gasteiger partial charge in [0, 0.05) is 70.0 Å². The van der Waals surface area contributed by atoms with Gasteiger partial charge in [0.2, 0.25) is 11.8 Å². The number of carbonyl (C=O) groups excluding carboxylic acids is 2. The van der Waals surface area contributed by atoms with E-state index < -0.39 is 0 Å². The zero-order chi connectivity index (χ0) is 25.1. The average molecular weight is 492 g/mol. The highest BCUT2D eigenvalue weighted by atomic mass is 16.3. The van der Waals surface area contributed by atoms with Gasteiger partial charge in [-0.25, -0.2) is 0 Å². The third kappa shape index (κ3) is 5.34. The summed E-state index contributed by atoms with van der Waals surface area (Å²) >= 11 is 0. The smallest absolute Gasteiger partial charge is 0.239 e. The van der Waals surface area contributed by atoms with E-state index in [1.165, 1.54) is 5.69 Å². The molecular formula is C28H37N5O3. The minimum atomic E-state index is -0.199. The van der Waals surface area contributed by atoms with Crippen LogP contribution in [0.25, 0.3) is 0 Å². The van der Waals surface area contributed by atoms with Gasteiger partial charge in [-0.15, -0.1) is 0 Å². The number of carbonyl (C=O) groups is 2. The van der Waals surface area contributed by atoms with Crippen LogP contribution in [0.4, 0.5) is 5.69 Å². The molecule has 2 N–H and O–H groups in total. The van der Waals surface area contributed by atoms with E-state index in [-0.39, 0.29) is 35.7 Å². The predicted molar refractivity (Wildman–Crippen MR) is 140 cm³/mol. The molecule has 2 aromatic rings. The van der Waals surface area contributed by atoms with E-state index in [2.05, 4.69) is 51.3 Å². The number of likely N-dealkylation sites (N-methyl/N-ethyl adjacent to an activating group) is 1. The highest BCUT2D eigenvalue weighted by Gasteiger charge is 2.45. The van der Waals surface area contributed by atoms with Gasteiger partial charge in [0.05, 0.1) is 0 Å². The van der Waals surface area contributed by atoms with E-state index in [0.29, 0.717) is 19.5 Å². The van der Waals surface area contributed by atoms with Gasteiger partial charge >= 0.3 is 0 Å². The molecule has 5 rings (SSSR count). The fourth-order valence-electron chi connectivity index (χ4n) is 5.96. The van der Waals surface area contributed by atoms with Crippen molar-refractivity contribution in [2.75, 3.05) is 51.2 Å². The Hall–Kier alpha value is -3.10. The van der Waals surface area contributed by atoms with Gasteiger partial charge in [0.1, 0.15) is 11.8 Å². The second-order valence-corrected chi connectivity index (χ2v) is 10.2. The van der Waals surface area contributed by atoms with Gasteiger partial charge in [-0.2, -0.15) is 0 Å². The zero-order valence-corrected chi connectivity index (χ0v) is 21.1. The topological polar surface area (TPSA) is 79.4 Å². The lowest BCUT2D eigenvalue weighted by Crippen LogP contribution is -2.50. The molecule has 3 aliphatic rings. The number of fused-ring (bicyclic) bond motifs is 1. The minimum absolute atomic E-state index is 0.0778. The summed E-state index contributed by atoms with van der Waals surface area (Å²) in [6, 6.07) is 17.7. The summed E-state index contributed by atoms with van der Waals surface area (Å²) in [6.45, 7) is 5.33. The van der Waals surface area contributed by atoms with Crippen molar-refractivity contribution < 1.29 is 14.7 Å². The highest BCUT2D eigenvalue weighted by molar-refractivity contribution is 5.83. The summed E-state index contributed by atoms with van der Waals surface area (Å²) in [5, 5.41) is 12.7. The number of hydrogen-bond acceptors (Lipinski definition) is 6. The Morgan fingerprint density at radius 1 is 1.00 bits per heavy atom. The second-order valence-electron chi connectivity index (χ2n) is 10.2. The van der Waals surface area contributed by atoms with Crippen LogP contribution in [0, 0.1) is 0 Å². The van der Waals surface area contributed by atoms with Crippen LogP contribution < -0.4 is 10.2 Å². The highest BCUT2D eigenvalue weighted by Crippen LogP contribution is 2.29. The van der Waals surface area contributed by atoms with Gasteiger partial charge < -0.3 is 20.2 Å². The summed E-state index contributed by atoms with van der Waals surface area (Å²) in [6.07, 6.45) is 2.18. The molecule has 192 valence electrons. The second kappa shape index (κ2) is 10.9. The molecule has 3 saturated heterocycles. The normalized spacial score (nSPS) is 25.4. The fraction of sp³-hybridized carbons (Fsp3) is 0.500. The Kier molecular flexibility index (Phi) is 7.43. The maximum Gasteiger partial charge on any atom is 0.239 e. The number of para-hydroxylation sites is 1. The van der Waals surface area contributed by atoms with Crippen LogP contribution in [-0.2, 0) is 16.1 Å². The van der Waals surface area contributed by atoms with Crippen molar-refractivity contribution in [2.45, 2.75) is 43.9 Å². The maximum absolute atomic E-state index is 13.1. The summed E-state index contributed by atoms with van der Waals surface area (Å²) in [4.78, 5) is 35.0. The van der Waals surface area contributed by atoms with Crippen LogP contribution in [0.5, 0.6) is 5.75 Å². The van der Waals surface area contributed by atoms with Crippen LogP contribution in [0.1, 0.15) is 24.8 Å². The third-order valence-corrected chi connectivity index (χ3v) is 8.12. The van der Waals surface area contributed by atoms with E-state index in [0.717, 1.165) is 51.1 Å². The maximum atomic E-state index is 13.1. The number of nitrogens with zero attached hydrogens (tertiary/aromatic N) is 4. The van der Waals surface area contributed by atoms with E-state index in [1.807, 2.05) is 23.1 Å². The Labute approximate surface area is 213 Å². The number of rotatable bonds is 6. The lowest BCUT2D eigenvalue weighted by atomic mass is 10.0. The molecule has 3 atom stereocenters. The van der Waals surface area contributed by atoms with Gasteiger partial charge in [0.25, 0.3) is 0 Å². The zero-order valence-electron chi connectivity index (χ0n) is 21.1. The predicted octanol–water partition coefficient (Wildman–Crippen LogP) is 1.89. The molecule has 8 heteroatoms. The van der Waals surface area contributed by atoms with Crippen molar-refractivity contribution in [3.8, 4) is 5.75 Å². The number of amides is 2. The minimum Gasteiger partial charge on any atom is -0.508 e. The molecule has 8 nitrogen and oxygen atoms in total. The molecule has 3 heterocycles. The number of likely N-dealkylation sites (tertiary alicyclic amines) is 1. The first-order valence-corrected chi connectivity index (χ1v) is 13.1. The molecule has 0 saturated carbocycles. The van der Waals surface area contributed by atoms with Crippen molar-refractivity contribution in [1.29, 1.82) is 0 Å². The first-order valence-electron chi connectivity index (χ1n) is 13.1. The number of phenolic OH excluding ortho intramolecular Hbond substituents is 1. The molecule has 0 bridgehead atoms. The third-order valence-electron chi connectivity index (χ3n) is 8.12. The lowest BCUT2D eigenvalue weighted by Gasteiger charge is -2.37. The standard InChI is InChI=1S/C28H37N5O3/c1-30-23(9-12-26(35)32-17-15-31(16-18-32)22-5-3-2-4-6-22)19-29-28(36)27-25(30)13-14-33(27)20-21-7-10-24(34)11-8-21/h2-8,10-11,23,25,27,34H,9,12-20H2,1H3,(H,29,36)/t23-,25-,27-/m0/s1. The van der Waals surface area contributed by atoms with Crippen molar-refractivity contribution in [1.82, 2.24) is 20.0 Å². The lowest BCUT2D eigenvalue weighted by molar-refractivity contribution is -0.132. The molecule has 3 aliphatic heterocycles.